The lowest BCUT2D eigenvalue weighted by molar-refractivity contribution is -0.148. The number of rotatable bonds is 21. The van der Waals surface area contributed by atoms with Gasteiger partial charge in [0.2, 0.25) is 29.5 Å². The molecule has 0 radical (unpaired) electrons. The number of fused-ring (bicyclic) bond motifs is 2. The predicted molar refractivity (Wildman–Crippen MR) is 243 cm³/mol. The first-order chi connectivity index (χ1) is 30.5. The second kappa shape index (κ2) is 22.7. The number of hydrogen-bond acceptors (Lipinski definition) is 9. The summed E-state index contributed by atoms with van der Waals surface area (Å²) in [6.07, 6.45) is 1.72. The van der Waals surface area contributed by atoms with Crippen LogP contribution in [0.2, 0.25) is 0 Å². The van der Waals surface area contributed by atoms with Crippen molar-refractivity contribution in [1.82, 2.24) is 25.3 Å². The molecule has 6 amide bonds. The van der Waals surface area contributed by atoms with Crippen LogP contribution in [0, 0.1) is 23.7 Å². The summed E-state index contributed by atoms with van der Waals surface area (Å²) in [7, 11) is 4.71. The van der Waals surface area contributed by atoms with Crippen molar-refractivity contribution in [2.24, 2.45) is 29.4 Å². The summed E-state index contributed by atoms with van der Waals surface area (Å²) in [5.41, 5.74) is 8.11. The van der Waals surface area contributed by atoms with E-state index in [1.807, 2.05) is 70.2 Å². The highest BCUT2D eigenvalue weighted by Crippen LogP contribution is 2.42. The Morgan fingerprint density at radius 1 is 0.891 bits per heavy atom. The van der Waals surface area contributed by atoms with Gasteiger partial charge in [0.25, 0.3) is 0 Å². The minimum Gasteiger partial charge on any atom is -0.465 e. The first kappa shape index (κ1) is 49.9. The van der Waals surface area contributed by atoms with Gasteiger partial charge in [-0.3, -0.25) is 28.9 Å². The van der Waals surface area contributed by atoms with Crippen LogP contribution in [-0.2, 0) is 46.4 Å². The number of likely N-dealkylation sites (tertiary alicyclic amines) is 2. The molecule has 2 aromatic carbocycles. The summed E-state index contributed by atoms with van der Waals surface area (Å²) in [6.45, 7) is 10.2. The lowest BCUT2D eigenvalue weighted by Gasteiger charge is -2.41. The fourth-order valence-electron chi connectivity index (χ4n) is 10.2. The van der Waals surface area contributed by atoms with E-state index >= 15 is 0 Å². The van der Waals surface area contributed by atoms with Crippen molar-refractivity contribution in [2.75, 3.05) is 33.1 Å². The molecular weight excluding hydrogens is 819 g/mol. The number of carbonyl (C=O) groups excluding carboxylic acids is 5. The maximum atomic E-state index is 14.4. The molecule has 0 spiro atoms. The topological polar surface area (TPSA) is 213 Å². The summed E-state index contributed by atoms with van der Waals surface area (Å²) in [5.74, 6) is -3.06. The SMILES string of the molecule is CC[C@H](C)[C@@H]([C@@H](CC(=O)N1CCCC1[C@H](OC)[C@@H](C)C(=O)NC(Cc1ccccc1)C(=O)Nc1ccc(CN)cc1)OC)N(C)C(=O)C(NC(=O)C1C2CCC(C2)N1C(=O)O)C(C)C. The van der Waals surface area contributed by atoms with Crippen LogP contribution in [0.15, 0.2) is 54.6 Å². The summed E-state index contributed by atoms with van der Waals surface area (Å²) in [4.78, 5) is 87.2. The molecule has 6 N–H and O–H groups in total. The van der Waals surface area contributed by atoms with Gasteiger partial charge in [0, 0.05) is 52.5 Å². The van der Waals surface area contributed by atoms with Crippen LogP contribution in [0.4, 0.5) is 10.5 Å². The Morgan fingerprint density at radius 3 is 2.17 bits per heavy atom. The van der Waals surface area contributed by atoms with Gasteiger partial charge in [-0.1, -0.05) is 83.5 Å². The number of benzene rings is 2. The minimum absolute atomic E-state index is 0.0559. The summed E-state index contributed by atoms with van der Waals surface area (Å²) < 4.78 is 12.1. The highest BCUT2D eigenvalue weighted by atomic mass is 16.5. The Labute approximate surface area is 378 Å². The van der Waals surface area contributed by atoms with E-state index in [1.165, 1.54) is 19.1 Å². The van der Waals surface area contributed by atoms with Crippen molar-refractivity contribution in [1.29, 1.82) is 0 Å². The number of hydrogen-bond donors (Lipinski definition) is 5. The van der Waals surface area contributed by atoms with E-state index < -0.39 is 66.2 Å². The van der Waals surface area contributed by atoms with Gasteiger partial charge in [0.1, 0.15) is 18.1 Å². The largest absolute Gasteiger partial charge is 0.465 e. The number of nitrogens with one attached hydrogen (secondary N) is 3. The van der Waals surface area contributed by atoms with Gasteiger partial charge in [0.05, 0.1) is 36.6 Å². The number of ether oxygens (including phenoxy) is 2. The van der Waals surface area contributed by atoms with E-state index in [9.17, 15) is 33.9 Å². The summed E-state index contributed by atoms with van der Waals surface area (Å²) in [6, 6.07) is 12.8. The number of likely N-dealkylation sites (N-methyl/N-ethyl adjacent to an activating group) is 1. The Kier molecular flexibility index (Phi) is 17.7. The molecule has 2 aliphatic heterocycles. The highest BCUT2D eigenvalue weighted by molar-refractivity contribution is 5.98. The van der Waals surface area contributed by atoms with Gasteiger partial charge in [-0.25, -0.2) is 4.79 Å². The first-order valence-electron chi connectivity index (χ1n) is 22.9. The van der Waals surface area contributed by atoms with Crippen LogP contribution in [0.1, 0.15) is 90.7 Å². The lowest BCUT2D eigenvalue weighted by Crippen LogP contribution is -2.60. The average Bonchev–Trinajstić information content (AvgIpc) is 4.06. The minimum atomic E-state index is -1.13. The van der Waals surface area contributed by atoms with E-state index in [2.05, 4.69) is 16.0 Å². The second-order valence-corrected chi connectivity index (χ2v) is 18.3. The van der Waals surface area contributed by atoms with Gasteiger partial charge in [0.15, 0.2) is 0 Å². The monoisotopic (exact) mass is 890 g/mol. The number of carbonyl (C=O) groups is 6. The first-order valence-corrected chi connectivity index (χ1v) is 22.9. The van der Waals surface area contributed by atoms with E-state index in [4.69, 9.17) is 15.2 Å². The molecular formula is C48H71N7O9. The molecule has 352 valence electrons. The van der Waals surface area contributed by atoms with Crippen molar-refractivity contribution in [3.05, 3.63) is 65.7 Å². The fraction of sp³-hybridized carbons (Fsp3) is 0.625. The molecule has 2 bridgehead atoms. The zero-order valence-corrected chi connectivity index (χ0v) is 38.8. The molecule has 2 aromatic rings. The van der Waals surface area contributed by atoms with Crippen molar-refractivity contribution >= 4 is 41.3 Å². The summed E-state index contributed by atoms with van der Waals surface area (Å²) in [5, 5.41) is 18.8. The molecule has 1 saturated carbocycles. The number of methoxy groups -OCH3 is 2. The molecule has 16 heteroatoms. The molecule has 2 saturated heterocycles. The van der Waals surface area contributed by atoms with Gasteiger partial charge in [-0.2, -0.15) is 0 Å². The number of carboxylic acid groups (broad SMARTS) is 1. The maximum absolute atomic E-state index is 14.4. The normalized spacial score (nSPS) is 22.5. The number of nitrogens with two attached hydrogens (primary N) is 1. The number of anilines is 1. The smallest absolute Gasteiger partial charge is 0.408 e. The second-order valence-electron chi connectivity index (χ2n) is 18.3. The molecule has 64 heavy (non-hydrogen) atoms. The Bertz CT molecular complexity index is 1920. The average molecular weight is 890 g/mol. The van der Waals surface area contributed by atoms with Crippen LogP contribution >= 0.6 is 0 Å². The zero-order chi connectivity index (χ0) is 46.8. The quantitative estimate of drug-likeness (QED) is 0.119. The highest BCUT2D eigenvalue weighted by Gasteiger charge is 2.52. The van der Waals surface area contributed by atoms with Gasteiger partial charge >= 0.3 is 6.09 Å². The molecule has 3 fully saturated rings. The van der Waals surface area contributed by atoms with Crippen molar-refractivity contribution < 1.29 is 43.3 Å². The van der Waals surface area contributed by atoms with Crippen LogP contribution in [-0.4, -0.2) is 132 Å². The van der Waals surface area contributed by atoms with Crippen LogP contribution < -0.4 is 21.7 Å². The Balaban J connectivity index is 1.28. The third-order valence-electron chi connectivity index (χ3n) is 13.9. The van der Waals surface area contributed by atoms with Crippen LogP contribution in [0.3, 0.4) is 0 Å². The van der Waals surface area contributed by atoms with Crippen molar-refractivity contribution in [2.45, 2.75) is 141 Å². The maximum Gasteiger partial charge on any atom is 0.408 e. The fourth-order valence-corrected chi connectivity index (χ4v) is 10.2. The van der Waals surface area contributed by atoms with E-state index in [0.29, 0.717) is 44.5 Å². The molecule has 5 rings (SSSR count). The molecule has 3 aliphatic rings. The standard InChI is InChI=1S/C48H71N7O9/c1-9-29(4)41(53(6)47(60)40(28(2)3)52-46(59)42-33-19-22-35(25-33)55(42)48(61)62)38(63-7)26-39(56)54-23-13-16-37(54)43(64-8)30(5)44(57)51-36(24-31-14-11-10-12-15-31)45(58)50-34-20-17-32(27-49)18-21-34/h10-12,14-15,17-18,20-21,28-30,33,35-38,40-43H,9,13,16,19,22-27,49H2,1-8H3,(H,50,58)(H,51,57)(H,52,59)(H,61,62)/t29-,30+,33?,35?,36?,37?,38+,40?,41-,42?,43+/m0/s1. The van der Waals surface area contributed by atoms with E-state index in [0.717, 1.165) is 24.0 Å². The van der Waals surface area contributed by atoms with Crippen molar-refractivity contribution in [3.8, 4) is 0 Å². The predicted octanol–water partition coefficient (Wildman–Crippen LogP) is 4.40. The lowest BCUT2D eigenvalue weighted by atomic mass is 9.89. The van der Waals surface area contributed by atoms with Crippen LogP contribution in [0.25, 0.3) is 0 Å². The van der Waals surface area contributed by atoms with Gasteiger partial charge in [-0.05, 0) is 73.1 Å². The molecule has 0 aromatic heterocycles. The van der Waals surface area contributed by atoms with Gasteiger partial charge in [-0.15, -0.1) is 0 Å². The number of amides is 6. The Hall–Kier alpha value is -5.06. The zero-order valence-electron chi connectivity index (χ0n) is 38.8. The molecule has 6 unspecified atom stereocenters. The number of nitrogens with zero attached hydrogens (tertiary/aromatic N) is 3. The van der Waals surface area contributed by atoms with Crippen molar-refractivity contribution in [3.63, 3.8) is 0 Å². The Morgan fingerprint density at radius 2 is 1.58 bits per heavy atom. The molecule has 16 nitrogen and oxygen atoms in total. The number of piperidine rings is 1. The summed E-state index contributed by atoms with van der Waals surface area (Å²) >= 11 is 0. The molecule has 1 aliphatic carbocycles. The molecule has 11 atom stereocenters. The van der Waals surface area contributed by atoms with Crippen LogP contribution in [0.5, 0.6) is 0 Å². The van der Waals surface area contributed by atoms with Gasteiger partial charge < -0.3 is 46.1 Å². The van der Waals surface area contributed by atoms with E-state index in [-0.39, 0.29) is 54.4 Å². The third kappa shape index (κ3) is 11.6. The third-order valence-corrected chi connectivity index (χ3v) is 13.9. The molecule has 2 heterocycles. The van der Waals surface area contributed by atoms with E-state index in [1.54, 1.807) is 35.9 Å².